The molecule has 162 valence electrons. The summed E-state index contributed by atoms with van der Waals surface area (Å²) in [5.41, 5.74) is 3.82. The molecule has 0 spiro atoms. The Labute approximate surface area is 183 Å². The van der Waals surface area contributed by atoms with Crippen LogP contribution < -0.4 is 5.69 Å². The number of nitrogens with zero attached hydrogens (tertiary/aromatic N) is 2. The smallest absolute Gasteiger partial charge is 0.336 e. The van der Waals surface area contributed by atoms with E-state index >= 15 is 0 Å². The van der Waals surface area contributed by atoms with Crippen LogP contribution in [0.2, 0.25) is 0 Å². The van der Waals surface area contributed by atoms with Gasteiger partial charge >= 0.3 is 11.7 Å². The largest absolute Gasteiger partial charge is 0.478 e. The summed E-state index contributed by atoms with van der Waals surface area (Å²) < 4.78 is 3.65. The van der Waals surface area contributed by atoms with Crippen molar-refractivity contribution in [1.29, 1.82) is 0 Å². The van der Waals surface area contributed by atoms with Gasteiger partial charge in [0, 0.05) is 24.9 Å². The molecule has 1 N–H and O–H groups in total. The van der Waals surface area contributed by atoms with E-state index in [1.807, 2.05) is 64.7 Å². The third-order valence-electron chi connectivity index (χ3n) is 5.40. The maximum Gasteiger partial charge on any atom is 0.336 e. The summed E-state index contributed by atoms with van der Waals surface area (Å²) in [6, 6.07) is 14.8. The van der Waals surface area contributed by atoms with Crippen molar-refractivity contribution in [3.8, 4) is 11.1 Å². The monoisotopic (exact) mass is 418 g/mol. The lowest BCUT2D eigenvalue weighted by Crippen LogP contribution is -2.26. The fraction of sp³-hybridized carbons (Fsp3) is 0.308. The molecule has 0 fully saturated rings. The van der Waals surface area contributed by atoms with Gasteiger partial charge in [0.05, 0.1) is 12.1 Å². The van der Waals surface area contributed by atoms with Gasteiger partial charge in [-0.2, -0.15) is 0 Å². The predicted molar refractivity (Wildman–Crippen MR) is 125 cm³/mol. The van der Waals surface area contributed by atoms with Gasteiger partial charge in [-0.3, -0.25) is 9.13 Å². The molecule has 0 amide bonds. The predicted octanol–water partition coefficient (Wildman–Crippen LogP) is 5.23. The summed E-state index contributed by atoms with van der Waals surface area (Å²) in [6.45, 7) is 7.50. The third-order valence-corrected chi connectivity index (χ3v) is 5.40. The quantitative estimate of drug-likeness (QED) is 0.484. The van der Waals surface area contributed by atoms with Gasteiger partial charge in [-0.25, -0.2) is 9.59 Å². The van der Waals surface area contributed by atoms with E-state index in [-0.39, 0.29) is 11.3 Å². The zero-order chi connectivity index (χ0) is 22.4. The normalized spacial score (nSPS) is 11.5. The Hall–Kier alpha value is -3.34. The van der Waals surface area contributed by atoms with Crippen molar-refractivity contribution < 1.29 is 9.90 Å². The van der Waals surface area contributed by atoms with Gasteiger partial charge in [-0.1, -0.05) is 68.5 Å². The fourth-order valence-electron chi connectivity index (χ4n) is 3.60. The average Bonchev–Trinajstić information content (AvgIpc) is 3.06. The van der Waals surface area contributed by atoms with Gasteiger partial charge in [0.1, 0.15) is 0 Å². The topological polar surface area (TPSA) is 64.2 Å². The molecule has 1 heterocycles. The van der Waals surface area contributed by atoms with E-state index in [1.165, 1.54) is 0 Å². The number of rotatable bonds is 9. The van der Waals surface area contributed by atoms with Crippen LogP contribution in [-0.4, -0.2) is 20.2 Å². The van der Waals surface area contributed by atoms with E-state index in [4.69, 9.17) is 0 Å². The molecule has 2 aromatic carbocycles. The van der Waals surface area contributed by atoms with Crippen LogP contribution in [0.3, 0.4) is 0 Å². The van der Waals surface area contributed by atoms with Gasteiger partial charge in [-0.05, 0) is 42.0 Å². The maximum absolute atomic E-state index is 13.0. The van der Waals surface area contributed by atoms with Crippen molar-refractivity contribution >= 4 is 5.97 Å². The molecule has 0 radical (unpaired) electrons. The Bertz CT molecular complexity index is 1120. The lowest BCUT2D eigenvalue weighted by atomic mass is 9.99. The van der Waals surface area contributed by atoms with E-state index in [2.05, 4.69) is 19.9 Å². The lowest BCUT2D eigenvalue weighted by Gasteiger charge is -2.09. The number of carboxylic acids is 1. The number of hydrogen-bond donors (Lipinski definition) is 1. The number of imidazole rings is 1. The summed E-state index contributed by atoms with van der Waals surface area (Å²) in [5, 5.41) is 9.44. The molecule has 3 rings (SSSR count). The van der Waals surface area contributed by atoms with Crippen molar-refractivity contribution in [1.82, 2.24) is 9.13 Å². The molecule has 0 saturated heterocycles. The average molecular weight is 419 g/mol. The van der Waals surface area contributed by atoms with Crippen LogP contribution in [0.4, 0.5) is 0 Å². The molecule has 0 aliphatic rings. The molecular weight excluding hydrogens is 388 g/mol. The van der Waals surface area contributed by atoms with Crippen LogP contribution in [0, 0.1) is 5.92 Å². The van der Waals surface area contributed by atoms with Crippen molar-refractivity contribution in [3.63, 3.8) is 0 Å². The fourth-order valence-corrected chi connectivity index (χ4v) is 3.60. The number of benzene rings is 2. The first-order valence-corrected chi connectivity index (χ1v) is 10.7. The highest BCUT2D eigenvalue weighted by Crippen LogP contribution is 2.24. The van der Waals surface area contributed by atoms with Crippen LogP contribution in [-0.2, 0) is 19.5 Å². The second-order valence-electron chi connectivity index (χ2n) is 8.19. The molecule has 5 heteroatoms. The molecule has 0 saturated carbocycles. The highest BCUT2D eigenvalue weighted by Gasteiger charge is 2.13. The minimum Gasteiger partial charge on any atom is -0.478 e. The first-order valence-electron chi connectivity index (χ1n) is 10.7. The van der Waals surface area contributed by atoms with Gasteiger partial charge in [0.25, 0.3) is 0 Å². The van der Waals surface area contributed by atoms with Crippen LogP contribution in [0.5, 0.6) is 0 Å². The van der Waals surface area contributed by atoms with Gasteiger partial charge < -0.3 is 5.11 Å². The molecule has 1 aromatic heterocycles. The van der Waals surface area contributed by atoms with Crippen molar-refractivity contribution in [2.24, 2.45) is 5.92 Å². The number of carbonyl (C=O) groups is 1. The highest BCUT2D eigenvalue weighted by atomic mass is 16.4. The molecule has 0 bridgehead atoms. The van der Waals surface area contributed by atoms with E-state index in [0.717, 1.165) is 29.8 Å². The minimum atomic E-state index is -0.942. The summed E-state index contributed by atoms with van der Waals surface area (Å²) in [7, 11) is 0. The van der Waals surface area contributed by atoms with Crippen LogP contribution >= 0.6 is 0 Å². The lowest BCUT2D eigenvalue weighted by molar-refractivity contribution is 0.0697. The van der Waals surface area contributed by atoms with E-state index in [9.17, 15) is 14.7 Å². The van der Waals surface area contributed by atoms with E-state index in [1.54, 1.807) is 12.1 Å². The second kappa shape index (κ2) is 10.1. The SMILES string of the molecule is C/C=C/Cc1cn(CCC(C)C)c(=O)n1Cc1ccc(-c2ccccc2C(=O)O)cc1. The summed E-state index contributed by atoms with van der Waals surface area (Å²) >= 11 is 0. The van der Waals surface area contributed by atoms with Gasteiger partial charge in [0.15, 0.2) is 0 Å². The zero-order valence-corrected chi connectivity index (χ0v) is 18.4. The molecule has 5 nitrogen and oxygen atoms in total. The molecular formula is C26H30N2O3. The summed E-state index contributed by atoms with van der Waals surface area (Å²) in [6.07, 6.45) is 7.70. The standard InChI is InChI=1S/C26H30N2O3/c1-4-5-8-22-18-27(16-15-19(2)3)26(31)28(22)17-20-11-13-21(14-12-20)23-9-6-7-10-24(23)25(29)30/h4-7,9-14,18-19H,8,15-17H2,1-3H3,(H,29,30)/b5-4+. The first kappa shape index (κ1) is 22.3. The van der Waals surface area contributed by atoms with Crippen LogP contribution in [0.1, 0.15) is 48.8 Å². The zero-order valence-electron chi connectivity index (χ0n) is 18.4. The number of aromatic nitrogens is 2. The summed E-state index contributed by atoms with van der Waals surface area (Å²) in [4.78, 5) is 24.5. The highest BCUT2D eigenvalue weighted by molar-refractivity contribution is 5.95. The maximum atomic E-state index is 13.0. The first-order chi connectivity index (χ1) is 14.9. The molecule has 3 aromatic rings. The molecule has 31 heavy (non-hydrogen) atoms. The van der Waals surface area contributed by atoms with E-state index in [0.29, 0.717) is 24.4 Å². The number of carboxylic acid groups (broad SMARTS) is 1. The van der Waals surface area contributed by atoms with Crippen molar-refractivity contribution in [3.05, 3.63) is 94.2 Å². The Morgan fingerprint density at radius 2 is 1.81 bits per heavy atom. The molecule has 0 aliphatic carbocycles. The Morgan fingerprint density at radius 1 is 1.10 bits per heavy atom. The second-order valence-corrected chi connectivity index (χ2v) is 8.19. The van der Waals surface area contributed by atoms with Gasteiger partial charge in [-0.15, -0.1) is 0 Å². The number of aryl methyl sites for hydroxylation is 1. The van der Waals surface area contributed by atoms with Crippen LogP contribution in [0.25, 0.3) is 11.1 Å². The Morgan fingerprint density at radius 3 is 2.45 bits per heavy atom. The van der Waals surface area contributed by atoms with Crippen molar-refractivity contribution in [2.45, 2.75) is 46.7 Å². The molecule has 0 aliphatic heterocycles. The number of allylic oxidation sites excluding steroid dienone is 2. The van der Waals surface area contributed by atoms with Crippen LogP contribution in [0.15, 0.2) is 71.7 Å². The number of aromatic carboxylic acids is 1. The molecule has 0 atom stereocenters. The van der Waals surface area contributed by atoms with Gasteiger partial charge in [0.2, 0.25) is 0 Å². The number of hydrogen-bond acceptors (Lipinski definition) is 2. The van der Waals surface area contributed by atoms with E-state index < -0.39 is 5.97 Å². The Balaban J connectivity index is 1.88. The van der Waals surface area contributed by atoms with Crippen molar-refractivity contribution in [2.75, 3.05) is 0 Å². The summed E-state index contributed by atoms with van der Waals surface area (Å²) in [5.74, 6) is -0.405. The Kier molecular flexibility index (Phi) is 7.29. The third kappa shape index (κ3) is 5.43. The molecule has 0 unspecified atom stereocenters. The minimum absolute atomic E-state index is 0.0143.